The van der Waals surface area contributed by atoms with Gasteiger partial charge < -0.3 is 33.8 Å². The van der Waals surface area contributed by atoms with Gasteiger partial charge in [-0.05, 0) is 37.5 Å². The van der Waals surface area contributed by atoms with Gasteiger partial charge in [-0.25, -0.2) is 9.13 Å². The second-order valence-corrected chi connectivity index (χ2v) is 31.0. The van der Waals surface area contributed by atoms with Crippen molar-refractivity contribution in [2.24, 2.45) is 11.8 Å². The zero-order valence-corrected chi connectivity index (χ0v) is 63.8. The van der Waals surface area contributed by atoms with Crippen molar-refractivity contribution in [3.05, 3.63) is 0 Å². The average Bonchev–Trinajstić information content (AvgIpc) is 2.64. The van der Waals surface area contributed by atoms with Crippen LogP contribution in [-0.4, -0.2) is 96.7 Å². The quantitative estimate of drug-likeness (QED) is 0.0222. The van der Waals surface area contributed by atoms with Crippen LogP contribution in [0.3, 0.4) is 0 Å². The van der Waals surface area contributed by atoms with E-state index in [1.54, 1.807) is 0 Å². The van der Waals surface area contributed by atoms with E-state index in [0.717, 1.165) is 115 Å². The first-order chi connectivity index (χ1) is 45.9. The largest absolute Gasteiger partial charge is 0.472 e. The highest BCUT2D eigenvalue weighted by atomic mass is 31.2. The van der Waals surface area contributed by atoms with E-state index in [4.69, 9.17) is 37.0 Å². The predicted octanol–water partition coefficient (Wildman–Crippen LogP) is 22.3. The summed E-state index contributed by atoms with van der Waals surface area (Å²) in [5.74, 6) is -0.531. The molecule has 0 aromatic rings. The molecule has 0 rings (SSSR count). The van der Waals surface area contributed by atoms with E-state index in [2.05, 4.69) is 41.5 Å². The van der Waals surface area contributed by atoms with E-state index in [0.29, 0.717) is 25.7 Å². The molecule has 6 atom stereocenters. The Kier molecular flexibility index (Phi) is 66.5. The smallest absolute Gasteiger partial charge is 0.462 e. The number of hydrogen-bond donors (Lipinski definition) is 3. The van der Waals surface area contributed by atoms with E-state index in [1.165, 1.54) is 199 Å². The lowest BCUT2D eigenvalue weighted by molar-refractivity contribution is -0.161. The Morgan fingerprint density at radius 1 is 0.305 bits per heavy atom. The number of ether oxygens (including phenoxy) is 4. The van der Waals surface area contributed by atoms with E-state index < -0.39 is 97.5 Å². The van der Waals surface area contributed by atoms with Crippen LogP contribution in [0.5, 0.6) is 0 Å². The number of phosphoric ester groups is 2. The Morgan fingerprint density at radius 3 is 0.800 bits per heavy atom. The predicted molar refractivity (Wildman–Crippen MR) is 386 cm³/mol. The van der Waals surface area contributed by atoms with Crippen LogP contribution in [0.4, 0.5) is 0 Å². The summed E-state index contributed by atoms with van der Waals surface area (Å²) in [5.41, 5.74) is 0. The number of hydrogen-bond acceptors (Lipinski definition) is 15. The van der Waals surface area contributed by atoms with Gasteiger partial charge in [0.15, 0.2) is 12.2 Å². The van der Waals surface area contributed by atoms with Crippen LogP contribution in [0, 0.1) is 11.8 Å². The number of carbonyl (C=O) groups is 4. The summed E-state index contributed by atoms with van der Waals surface area (Å²) in [5, 5.41) is 10.6. The third-order valence-electron chi connectivity index (χ3n) is 18.1. The van der Waals surface area contributed by atoms with Gasteiger partial charge in [-0.15, -0.1) is 0 Å². The third kappa shape index (κ3) is 69.0. The molecule has 0 bridgehead atoms. The average molecular weight is 1400 g/mol. The maximum Gasteiger partial charge on any atom is 0.472 e. The van der Waals surface area contributed by atoms with Gasteiger partial charge in [0.1, 0.15) is 19.3 Å². The van der Waals surface area contributed by atoms with Crippen molar-refractivity contribution in [2.75, 3.05) is 39.6 Å². The molecule has 17 nitrogen and oxygen atoms in total. The summed E-state index contributed by atoms with van der Waals surface area (Å²) < 4.78 is 68.4. The molecule has 0 spiro atoms. The molecule has 0 aromatic heterocycles. The second kappa shape index (κ2) is 67.9. The molecule has 564 valence electrons. The minimum atomic E-state index is -4.96. The lowest BCUT2D eigenvalue weighted by atomic mass is 9.99. The minimum Gasteiger partial charge on any atom is -0.462 e. The molecule has 3 N–H and O–H groups in total. The molecular weight excluding hydrogens is 1250 g/mol. The van der Waals surface area contributed by atoms with Gasteiger partial charge in [0.25, 0.3) is 0 Å². The number of aliphatic hydroxyl groups is 1. The number of phosphoric acid groups is 2. The van der Waals surface area contributed by atoms with Crippen molar-refractivity contribution in [3.8, 4) is 0 Å². The summed E-state index contributed by atoms with van der Waals surface area (Å²) in [6.45, 7) is 9.59. The van der Waals surface area contributed by atoms with Crippen molar-refractivity contribution in [1.29, 1.82) is 0 Å². The molecule has 0 radical (unpaired) electrons. The topological polar surface area (TPSA) is 237 Å². The first kappa shape index (κ1) is 93.1. The molecule has 95 heavy (non-hydrogen) atoms. The summed E-state index contributed by atoms with van der Waals surface area (Å²) in [7, 11) is -9.90. The zero-order chi connectivity index (χ0) is 70.0. The van der Waals surface area contributed by atoms with Gasteiger partial charge in [0.2, 0.25) is 0 Å². The van der Waals surface area contributed by atoms with E-state index in [1.807, 2.05) is 0 Å². The Bertz CT molecular complexity index is 1840. The summed E-state index contributed by atoms with van der Waals surface area (Å²) in [6.07, 6.45) is 55.7. The maximum atomic E-state index is 13.1. The molecule has 0 aliphatic carbocycles. The first-order valence-electron chi connectivity index (χ1n) is 39.5. The number of rotatable bonds is 75. The van der Waals surface area contributed by atoms with Crippen molar-refractivity contribution >= 4 is 39.5 Å². The minimum absolute atomic E-state index is 0.105. The number of unbranched alkanes of at least 4 members (excludes halogenated alkanes) is 44. The summed E-state index contributed by atoms with van der Waals surface area (Å²) >= 11 is 0. The van der Waals surface area contributed by atoms with Gasteiger partial charge in [0, 0.05) is 25.7 Å². The van der Waals surface area contributed by atoms with Crippen LogP contribution in [-0.2, 0) is 65.4 Å². The first-order valence-corrected chi connectivity index (χ1v) is 42.5. The highest BCUT2D eigenvalue weighted by Crippen LogP contribution is 2.45. The monoisotopic (exact) mass is 1400 g/mol. The SMILES string of the molecule is CCCCCCCCCCCCCCCCCC(=O)OC[C@H](COP(=O)(O)OC[C@@H](O)COP(=O)(O)OC[C@@H](COC(=O)CCCCCCCCC)OC(=O)CCCCCCCCCCC(C)CC)OC(=O)CCCCCCCCCCCCCCCCCCCCC(C)C. The summed E-state index contributed by atoms with van der Waals surface area (Å²) in [4.78, 5) is 72.6. The third-order valence-corrected chi connectivity index (χ3v) is 20.0. The molecule has 0 amide bonds. The molecule has 0 saturated carbocycles. The Hall–Kier alpha value is -1.94. The molecule has 19 heteroatoms. The van der Waals surface area contributed by atoms with Crippen LogP contribution < -0.4 is 0 Å². The molecule has 0 aromatic carbocycles. The van der Waals surface area contributed by atoms with Crippen LogP contribution in [0.15, 0.2) is 0 Å². The molecule has 0 fully saturated rings. The maximum absolute atomic E-state index is 13.1. The second-order valence-electron chi connectivity index (χ2n) is 28.1. The molecule has 3 unspecified atom stereocenters. The lowest BCUT2D eigenvalue weighted by Gasteiger charge is -2.21. The van der Waals surface area contributed by atoms with Crippen LogP contribution >= 0.6 is 15.6 Å². The van der Waals surface area contributed by atoms with Crippen molar-refractivity contribution < 1.29 is 80.2 Å². The molecule has 0 heterocycles. The number of carbonyl (C=O) groups excluding carboxylic acids is 4. The van der Waals surface area contributed by atoms with Gasteiger partial charge in [-0.2, -0.15) is 0 Å². The standard InChI is InChI=1S/C76H148O17P2/c1-7-10-12-14-16-17-18-19-24-28-31-34-41-47-53-59-74(79)87-65-72(92-75(80)60-54-48-42-35-32-29-26-23-21-20-22-25-27-30-33-39-44-50-56-68(4)5)67-91-95(84,85)89-63-70(77)62-88-94(82,83)90-66-71(64-86-73(78)58-52-46-38-15-13-11-8-2)93-76(81)61-55-49-43-37-36-40-45-51-57-69(6)9-3/h68-72,77H,7-67H2,1-6H3,(H,82,83)(H,84,85)/t69?,70-,71+,72+/m0/s1. The van der Waals surface area contributed by atoms with E-state index >= 15 is 0 Å². The Labute approximate surface area is 581 Å². The number of aliphatic hydroxyl groups excluding tert-OH is 1. The lowest BCUT2D eigenvalue weighted by Crippen LogP contribution is -2.30. The van der Waals surface area contributed by atoms with Crippen molar-refractivity contribution in [2.45, 2.75) is 413 Å². The number of esters is 4. The van der Waals surface area contributed by atoms with Crippen LogP contribution in [0.1, 0.15) is 395 Å². The van der Waals surface area contributed by atoms with Gasteiger partial charge in [-0.3, -0.25) is 37.3 Å². The van der Waals surface area contributed by atoms with Gasteiger partial charge >= 0.3 is 39.5 Å². The van der Waals surface area contributed by atoms with Crippen LogP contribution in [0.2, 0.25) is 0 Å². The highest BCUT2D eigenvalue weighted by Gasteiger charge is 2.30. The molecule has 0 saturated heterocycles. The zero-order valence-electron chi connectivity index (χ0n) is 62.0. The molecule has 0 aliphatic rings. The molecular formula is C76H148O17P2. The Morgan fingerprint density at radius 2 is 0.537 bits per heavy atom. The fourth-order valence-corrected chi connectivity index (χ4v) is 13.2. The van der Waals surface area contributed by atoms with Crippen molar-refractivity contribution in [1.82, 2.24) is 0 Å². The summed E-state index contributed by atoms with van der Waals surface area (Å²) in [6, 6.07) is 0. The van der Waals surface area contributed by atoms with Gasteiger partial charge in [0.05, 0.1) is 26.4 Å². The van der Waals surface area contributed by atoms with Crippen molar-refractivity contribution in [3.63, 3.8) is 0 Å². The fourth-order valence-electron chi connectivity index (χ4n) is 11.6. The van der Waals surface area contributed by atoms with E-state index in [9.17, 15) is 43.2 Å². The van der Waals surface area contributed by atoms with Crippen LogP contribution in [0.25, 0.3) is 0 Å². The van der Waals surface area contributed by atoms with E-state index in [-0.39, 0.29) is 25.7 Å². The fraction of sp³-hybridized carbons (Fsp3) is 0.947. The molecule has 0 aliphatic heterocycles. The highest BCUT2D eigenvalue weighted by molar-refractivity contribution is 7.47. The normalized spacial score (nSPS) is 14.3. The van der Waals surface area contributed by atoms with Gasteiger partial charge in [-0.1, -0.05) is 343 Å². The Balaban J connectivity index is 5.17.